The molecule has 106 valence electrons. The number of aryl methyl sites for hydroxylation is 2. The molecule has 4 nitrogen and oxygen atoms in total. The van der Waals surface area contributed by atoms with Crippen molar-refractivity contribution in [3.63, 3.8) is 0 Å². The van der Waals surface area contributed by atoms with E-state index >= 15 is 0 Å². The van der Waals surface area contributed by atoms with E-state index in [-0.39, 0.29) is 5.91 Å². The third-order valence-corrected chi connectivity index (χ3v) is 3.41. The molecule has 1 aromatic heterocycles. The Morgan fingerprint density at radius 1 is 1.19 bits per heavy atom. The van der Waals surface area contributed by atoms with Crippen LogP contribution in [0, 0.1) is 13.8 Å². The Hall–Kier alpha value is -2.62. The van der Waals surface area contributed by atoms with Gasteiger partial charge in [0.15, 0.2) is 0 Å². The number of hydrogen-bond donors (Lipinski definition) is 2. The molecule has 2 N–H and O–H groups in total. The molecule has 0 unspecified atom stereocenters. The second kappa shape index (κ2) is 5.40. The van der Waals surface area contributed by atoms with Gasteiger partial charge in [-0.2, -0.15) is 0 Å². The van der Waals surface area contributed by atoms with Crippen molar-refractivity contribution >= 4 is 16.9 Å². The fourth-order valence-electron chi connectivity index (χ4n) is 2.44. The Labute approximate surface area is 123 Å². The predicted molar refractivity (Wildman–Crippen MR) is 83.2 cm³/mol. The van der Waals surface area contributed by atoms with Crippen LogP contribution in [0.4, 0.5) is 0 Å². The van der Waals surface area contributed by atoms with Gasteiger partial charge < -0.3 is 10.3 Å². The lowest BCUT2D eigenvalue weighted by atomic mass is 10.1. The Kier molecular flexibility index (Phi) is 3.44. The molecule has 1 heterocycles. The lowest BCUT2D eigenvalue weighted by Crippen LogP contribution is -2.23. The van der Waals surface area contributed by atoms with Gasteiger partial charge in [-0.05, 0) is 31.5 Å². The number of benzene rings is 2. The van der Waals surface area contributed by atoms with Gasteiger partial charge in [0.05, 0.1) is 11.1 Å². The summed E-state index contributed by atoms with van der Waals surface area (Å²) in [6.07, 6.45) is 0. The zero-order valence-electron chi connectivity index (χ0n) is 12.1. The van der Waals surface area contributed by atoms with Crippen LogP contribution in [0.3, 0.4) is 0 Å². The summed E-state index contributed by atoms with van der Waals surface area (Å²) in [6, 6.07) is 13.7. The quantitative estimate of drug-likeness (QED) is 0.774. The third kappa shape index (κ3) is 2.79. The molecule has 0 saturated heterocycles. The number of amides is 1. The molecular weight excluding hydrogens is 262 g/mol. The highest BCUT2D eigenvalue weighted by molar-refractivity contribution is 6.04. The van der Waals surface area contributed by atoms with E-state index in [1.807, 2.05) is 44.2 Å². The molecule has 0 aliphatic rings. The van der Waals surface area contributed by atoms with Gasteiger partial charge in [0.25, 0.3) is 5.91 Å². The molecule has 0 fully saturated rings. The van der Waals surface area contributed by atoms with E-state index in [0.717, 1.165) is 22.4 Å². The minimum atomic E-state index is -0.103. The van der Waals surface area contributed by atoms with Gasteiger partial charge in [-0.25, -0.2) is 4.98 Å². The third-order valence-electron chi connectivity index (χ3n) is 3.41. The molecule has 2 aromatic carbocycles. The van der Waals surface area contributed by atoms with E-state index in [0.29, 0.717) is 12.1 Å². The maximum Gasteiger partial charge on any atom is 0.253 e. The van der Waals surface area contributed by atoms with Crippen molar-refractivity contribution in [1.82, 2.24) is 15.3 Å². The zero-order valence-corrected chi connectivity index (χ0v) is 12.1. The molecule has 0 radical (unpaired) electrons. The minimum Gasteiger partial charge on any atom is -0.348 e. The van der Waals surface area contributed by atoms with Crippen molar-refractivity contribution in [3.05, 3.63) is 65.0 Å². The van der Waals surface area contributed by atoms with Crippen LogP contribution in [-0.2, 0) is 6.54 Å². The highest BCUT2D eigenvalue weighted by Crippen LogP contribution is 2.16. The monoisotopic (exact) mass is 279 g/mol. The number of aromatic nitrogens is 2. The van der Waals surface area contributed by atoms with Gasteiger partial charge >= 0.3 is 0 Å². The van der Waals surface area contributed by atoms with Crippen molar-refractivity contribution in [1.29, 1.82) is 0 Å². The van der Waals surface area contributed by atoms with Crippen molar-refractivity contribution in [3.8, 4) is 0 Å². The Balaban J connectivity index is 1.81. The zero-order chi connectivity index (χ0) is 14.8. The summed E-state index contributed by atoms with van der Waals surface area (Å²) in [5.41, 5.74) is 4.48. The number of imidazole rings is 1. The first-order chi connectivity index (χ1) is 10.1. The fourth-order valence-corrected chi connectivity index (χ4v) is 2.44. The van der Waals surface area contributed by atoms with E-state index in [9.17, 15) is 4.79 Å². The molecule has 0 aliphatic carbocycles. The molecule has 0 aliphatic heterocycles. The molecule has 1 amide bonds. The van der Waals surface area contributed by atoms with E-state index in [1.54, 1.807) is 6.07 Å². The Morgan fingerprint density at radius 2 is 2.00 bits per heavy atom. The lowest BCUT2D eigenvalue weighted by molar-refractivity contribution is 0.0952. The maximum absolute atomic E-state index is 12.4. The smallest absolute Gasteiger partial charge is 0.253 e. The molecule has 0 bridgehead atoms. The number of rotatable bonds is 3. The highest BCUT2D eigenvalue weighted by atomic mass is 16.1. The standard InChI is InChI=1S/C17H17N3O/c1-11-5-3-6-13(9-11)10-18-17(21)14-7-4-8-15-16(14)20-12(2)19-15/h3-9H,10H2,1-2H3,(H,18,21)(H,19,20). The number of carbonyl (C=O) groups is 1. The summed E-state index contributed by atoms with van der Waals surface area (Å²) in [5, 5.41) is 2.95. The average Bonchev–Trinajstić information content (AvgIpc) is 2.84. The molecular formula is C17H17N3O. The number of fused-ring (bicyclic) bond motifs is 1. The van der Waals surface area contributed by atoms with E-state index in [2.05, 4.69) is 21.4 Å². The second-order valence-corrected chi connectivity index (χ2v) is 5.20. The first-order valence-electron chi connectivity index (χ1n) is 6.92. The number of aromatic amines is 1. The van der Waals surface area contributed by atoms with Crippen LogP contribution in [0.15, 0.2) is 42.5 Å². The van der Waals surface area contributed by atoms with Gasteiger partial charge in [0.1, 0.15) is 11.3 Å². The number of nitrogens with one attached hydrogen (secondary N) is 2. The van der Waals surface area contributed by atoms with E-state index in [4.69, 9.17) is 0 Å². The molecule has 0 atom stereocenters. The number of carbonyl (C=O) groups excluding carboxylic acids is 1. The Bertz CT molecular complexity index is 805. The second-order valence-electron chi connectivity index (χ2n) is 5.20. The van der Waals surface area contributed by atoms with Crippen LogP contribution in [0.2, 0.25) is 0 Å². The molecule has 3 aromatic rings. The van der Waals surface area contributed by atoms with Gasteiger partial charge in [-0.15, -0.1) is 0 Å². The summed E-state index contributed by atoms with van der Waals surface area (Å²) in [5.74, 6) is 0.706. The van der Waals surface area contributed by atoms with Crippen molar-refractivity contribution in [2.24, 2.45) is 0 Å². The number of hydrogen-bond acceptors (Lipinski definition) is 2. The lowest BCUT2D eigenvalue weighted by Gasteiger charge is -2.06. The normalized spacial score (nSPS) is 10.8. The van der Waals surface area contributed by atoms with Crippen LogP contribution >= 0.6 is 0 Å². The minimum absolute atomic E-state index is 0.103. The van der Waals surface area contributed by atoms with Crippen molar-refractivity contribution in [2.45, 2.75) is 20.4 Å². The summed E-state index contributed by atoms with van der Waals surface area (Å²) in [6.45, 7) is 4.44. The van der Waals surface area contributed by atoms with Crippen LogP contribution in [-0.4, -0.2) is 15.9 Å². The van der Waals surface area contributed by atoms with E-state index < -0.39 is 0 Å². The van der Waals surface area contributed by atoms with Crippen LogP contribution < -0.4 is 5.32 Å². The first kappa shape index (κ1) is 13.4. The predicted octanol–water partition coefficient (Wildman–Crippen LogP) is 3.11. The molecule has 0 spiro atoms. The first-order valence-corrected chi connectivity index (χ1v) is 6.92. The van der Waals surface area contributed by atoms with Crippen molar-refractivity contribution in [2.75, 3.05) is 0 Å². The van der Waals surface area contributed by atoms with Gasteiger partial charge in [0.2, 0.25) is 0 Å². The largest absolute Gasteiger partial charge is 0.348 e. The SMILES string of the molecule is Cc1cccc(CNC(=O)c2cccc3[nH]c(C)nc23)c1. The fraction of sp³-hybridized carbons (Fsp3) is 0.176. The number of para-hydroxylation sites is 1. The average molecular weight is 279 g/mol. The summed E-state index contributed by atoms with van der Waals surface area (Å²) >= 11 is 0. The summed E-state index contributed by atoms with van der Waals surface area (Å²) < 4.78 is 0. The maximum atomic E-state index is 12.4. The summed E-state index contributed by atoms with van der Waals surface area (Å²) in [4.78, 5) is 19.9. The molecule has 21 heavy (non-hydrogen) atoms. The Morgan fingerprint density at radius 3 is 2.81 bits per heavy atom. The van der Waals surface area contributed by atoms with Gasteiger partial charge in [-0.1, -0.05) is 35.9 Å². The molecule has 0 saturated carbocycles. The summed E-state index contributed by atoms with van der Waals surface area (Å²) in [7, 11) is 0. The number of nitrogens with zero attached hydrogens (tertiary/aromatic N) is 1. The van der Waals surface area contributed by atoms with Crippen LogP contribution in [0.25, 0.3) is 11.0 Å². The molecule has 4 heteroatoms. The number of H-pyrrole nitrogens is 1. The van der Waals surface area contributed by atoms with Gasteiger partial charge in [0, 0.05) is 6.54 Å². The topological polar surface area (TPSA) is 57.8 Å². The molecule has 3 rings (SSSR count). The van der Waals surface area contributed by atoms with Crippen molar-refractivity contribution < 1.29 is 4.79 Å². The van der Waals surface area contributed by atoms with E-state index in [1.165, 1.54) is 5.56 Å². The van der Waals surface area contributed by atoms with Gasteiger partial charge in [-0.3, -0.25) is 4.79 Å². The van der Waals surface area contributed by atoms with Crippen LogP contribution in [0.1, 0.15) is 27.3 Å². The highest BCUT2D eigenvalue weighted by Gasteiger charge is 2.12. The van der Waals surface area contributed by atoms with Crippen LogP contribution in [0.5, 0.6) is 0 Å².